The zero-order valence-electron chi connectivity index (χ0n) is 12.1. The van der Waals surface area contributed by atoms with E-state index in [1.807, 2.05) is 24.3 Å². The van der Waals surface area contributed by atoms with Crippen LogP contribution in [0.5, 0.6) is 5.75 Å². The van der Waals surface area contributed by atoms with E-state index in [0.29, 0.717) is 0 Å². The van der Waals surface area contributed by atoms with E-state index in [2.05, 4.69) is 18.7 Å². The summed E-state index contributed by atoms with van der Waals surface area (Å²) in [6.45, 7) is 6.60. The van der Waals surface area contributed by atoms with Gasteiger partial charge in [0.05, 0.1) is 6.61 Å². The number of piperidine rings is 1. The van der Waals surface area contributed by atoms with Gasteiger partial charge in [-0.1, -0.05) is 6.42 Å². The Morgan fingerprint density at radius 1 is 1.16 bits per heavy atom. The third-order valence-electron chi connectivity index (χ3n) is 4.09. The molecule has 3 nitrogen and oxygen atoms in total. The van der Waals surface area contributed by atoms with E-state index in [-0.39, 0.29) is 0 Å². The Labute approximate surface area is 116 Å². The lowest BCUT2D eigenvalue weighted by Crippen LogP contribution is -2.44. The molecule has 1 heterocycles. The van der Waals surface area contributed by atoms with E-state index in [1.165, 1.54) is 19.3 Å². The van der Waals surface area contributed by atoms with Crippen LogP contribution in [-0.2, 0) is 0 Å². The third-order valence-corrected chi connectivity index (χ3v) is 4.09. The van der Waals surface area contributed by atoms with Crippen molar-refractivity contribution in [1.29, 1.82) is 0 Å². The fraction of sp³-hybridized carbons (Fsp3) is 0.625. The Kier molecular flexibility index (Phi) is 5.08. The minimum atomic E-state index is 0.722. The highest BCUT2D eigenvalue weighted by molar-refractivity contribution is 5.41. The second-order valence-corrected chi connectivity index (χ2v) is 5.64. The van der Waals surface area contributed by atoms with Gasteiger partial charge >= 0.3 is 0 Å². The number of nitrogens with two attached hydrogens (primary N) is 1. The van der Waals surface area contributed by atoms with Crippen molar-refractivity contribution < 1.29 is 4.74 Å². The van der Waals surface area contributed by atoms with Gasteiger partial charge in [0.15, 0.2) is 0 Å². The van der Waals surface area contributed by atoms with Gasteiger partial charge in [-0.25, -0.2) is 0 Å². The minimum Gasteiger partial charge on any atom is -0.494 e. The lowest BCUT2D eigenvalue weighted by atomic mass is 9.97. The van der Waals surface area contributed by atoms with E-state index in [9.17, 15) is 0 Å². The van der Waals surface area contributed by atoms with Gasteiger partial charge in [0.2, 0.25) is 0 Å². The molecule has 1 fully saturated rings. The molecule has 0 amide bonds. The summed E-state index contributed by atoms with van der Waals surface area (Å²) in [6, 6.07) is 9.07. The second-order valence-electron chi connectivity index (χ2n) is 5.64. The molecule has 1 aromatic carbocycles. The molecule has 0 saturated carbocycles. The van der Waals surface area contributed by atoms with Crippen molar-refractivity contribution in [3.05, 3.63) is 24.3 Å². The first-order chi connectivity index (χ1) is 9.16. The zero-order valence-corrected chi connectivity index (χ0v) is 12.1. The fourth-order valence-electron chi connectivity index (χ4n) is 2.92. The molecule has 3 heteroatoms. The van der Waals surface area contributed by atoms with E-state index in [4.69, 9.17) is 10.5 Å². The van der Waals surface area contributed by atoms with Crippen LogP contribution in [0.3, 0.4) is 0 Å². The maximum absolute atomic E-state index is 5.74. The maximum atomic E-state index is 5.74. The van der Waals surface area contributed by atoms with E-state index in [1.54, 1.807) is 0 Å². The number of hydrogen-bond acceptors (Lipinski definition) is 3. The van der Waals surface area contributed by atoms with Gasteiger partial charge in [-0.15, -0.1) is 0 Å². The van der Waals surface area contributed by atoms with E-state index >= 15 is 0 Å². The number of nitrogens with zero attached hydrogens (tertiary/aromatic N) is 1. The number of likely N-dealkylation sites (tertiary alicyclic amines) is 1. The van der Waals surface area contributed by atoms with E-state index < -0.39 is 0 Å². The van der Waals surface area contributed by atoms with Crippen molar-refractivity contribution >= 4 is 5.69 Å². The monoisotopic (exact) mass is 262 g/mol. The number of anilines is 1. The van der Waals surface area contributed by atoms with Crippen molar-refractivity contribution in [3.63, 3.8) is 0 Å². The van der Waals surface area contributed by atoms with Crippen LogP contribution in [0.1, 0.15) is 39.5 Å². The van der Waals surface area contributed by atoms with Crippen LogP contribution in [0.25, 0.3) is 0 Å². The first-order valence-corrected chi connectivity index (χ1v) is 7.41. The molecule has 0 spiro atoms. The second kappa shape index (κ2) is 6.80. The van der Waals surface area contributed by atoms with Gasteiger partial charge in [-0.05, 0) is 57.4 Å². The first kappa shape index (κ1) is 14.2. The molecule has 0 radical (unpaired) electrons. The van der Waals surface area contributed by atoms with Crippen LogP contribution in [0.2, 0.25) is 0 Å². The summed E-state index contributed by atoms with van der Waals surface area (Å²) in [4.78, 5) is 2.62. The SMILES string of the molecule is C[C@@H]1CCC[C@H](C)N1CCCOc1ccc(N)cc1. The minimum absolute atomic E-state index is 0.722. The van der Waals surface area contributed by atoms with Gasteiger partial charge in [-0.2, -0.15) is 0 Å². The Morgan fingerprint density at radius 3 is 2.42 bits per heavy atom. The molecule has 2 N–H and O–H groups in total. The number of nitrogen functional groups attached to an aromatic ring is 1. The summed E-state index contributed by atoms with van der Waals surface area (Å²) in [5.41, 5.74) is 6.43. The zero-order chi connectivity index (χ0) is 13.7. The predicted octanol–water partition coefficient (Wildman–Crippen LogP) is 3.30. The molecule has 0 aliphatic carbocycles. The van der Waals surface area contributed by atoms with Crippen molar-refractivity contribution in [3.8, 4) is 5.75 Å². The van der Waals surface area contributed by atoms with Gasteiger partial charge in [0.25, 0.3) is 0 Å². The quantitative estimate of drug-likeness (QED) is 0.653. The van der Waals surface area contributed by atoms with Gasteiger partial charge in [-0.3, -0.25) is 4.90 Å². The summed E-state index contributed by atoms with van der Waals surface area (Å²) in [7, 11) is 0. The summed E-state index contributed by atoms with van der Waals surface area (Å²) < 4.78 is 5.74. The molecule has 1 aliphatic heterocycles. The molecular weight excluding hydrogens is 236 g/mol. The van der Waals surface area contributed by atoms with Crippen LogP contribution < -0.4 is 10.5 Å². The fourth-order valence-corrected chi connectivity index (χ4v) is 2.92. The molecule has 2 rings (SSSR count). The molecule has 106 valence electrons. The van der Waals surface area contributed by atoms with Crippen molar-refractivity contribution in [2.75, 3.05) is 18.9 Å². The van der Waals surface area contributed by atoms with Crippen LogP contribution >= 0.6 is 0 Å². The van der Waals surface area contributed by atoms with Crippen molar-refractivity contribution in [2.45, 2.75) is 51.6 Å². The number of rotatable bonds is 5. The average molecular weight is 262 g/mol. The van der Waals surface area contributed by atoms with Crippen molar-refractivity contribution in [2.24, 2.45) is 0 Å². The van der Waals surface area contributed by atoms with Gasteiger partial charge in [0, 0.05) is 24.3 Å². The average Bonchev–Trinajstić information content (AvgIpc) is 2.39. The normalized spacial score (nSPS) is 24.3. The molecule has 1 saturated heterocycles. The van der Waals surface area contributed by atoms with Crippen LogP contribution in [0, 0.1) is 0 Å². The molecule has 2 atom stereocenters. The Hall–Kier alpha value is -1.22. The van der Waals surface area contributed by atoms with Gasteiger partial charge < -0.3 is 10.5 Å². The lowest BCUT2D eigenvalue weighted by molar-refractivity contribution is 0.0961. The predicted molar refractivity (Wildman–Crippen MR) is 80.4 cm³/mol. The molecule has 1 aliphatic rings. The molecule has 0 bridgehead atoms. The highest BCUT2D eigenvalue weighted by atomic mass is 16.5. The number of hydrogen-bond donors (Lipinski definition) is 1. The molecule has 19 heavy (non-hydrogen) atoms. The van der Waals surface area contributed by atoms with E-state index in [0.717, 1.165) is 43.1 Å². The maximum Gasteiger partial charge on any atom is 0.119 e. The van der Waals surface area contributed by atoms with Crippen molar-refractivity contribution in [1.82, 2.24) is 4.90 Å². The largest absolute Gasteiger partial charge is 0.494 e. The van der Waals surface area contributed by atoms with Crippen LogP contribution in [0.4, 0.5) is 5.69 Å². The molecular formula is C16H26N2O. The van der Waals surface area contributed by atoms with Crippen LogP contribution in [-0.4, -0.2) is 30.1 Å². The standard InChI is InChI=1S/C16H26N2O/c1-13-5-3-6-14(2)18(13)11-4-12-19-16-9-7-15(17)8-10-16/h7-10,13-14H,3-6,11-12,17H2,1-2H3/t13-,14+. The molecule has 0 aromatic heterocycles. The third kappa shape index (κ3) is 4.13. The van der Waals surface area contributed by atoms with Gasteiger partial charge in [0.1, 0.15) is 5.75 Å². The Morgan fingerprint density at radius 2 is 1.79 bits per heavy atom. The summed E-state index contributed by atoms with van der Waals surface area (Å²) in [5.74, 6) is 0.911. The van der Waals surface area contributed by atoms with Crippen LogP contribution in [0.15, 0.2) is 24.3 Å². The number of ether oxygens (including phenoxy) is 1. The summed E-state index contributed by atoms with van der Waals surface area (Å²) in [6.07, 6.45) is 5.13. The Balaban J connectivity index is 1.70. The highest BCUT2D eigenvalue weighted by Gasteiger charge is 2.23. The topological polar surface area (TPSA) is 38.5 Å². The number of benzene rings is 1. The molecule has 0 unspecified atom stereocenters. The summed E-state index contributed by atoms with van der Waals surface area (Å²) in [5, 5.41) is 0. The summed E-state index contributed by atoms with van der Waals surface area (Å²) >= 11 is 0. The molecule has 1 aromatic rings. The highest BCUT2D eigenvalue weighted by Crippen LogP contribution is 2.22. The lowest BCUT2D eigenvalue weighted by Gasteiger charge is -2.39. The smallest absolute Gasteiger partial charge is 0.119 e. The Bertz CT molecular complexity index is 367. The first-order valence-electron chi connectivity index (χ1n) is 7.41.